The molecule has 0 amide bonds. The van der Waals surface area contributed by atoms with Crippen LogP contribution >= 0.6 is 0 Å². The van der Waals surface area contributed by atoms with Crippen molar-refractivity contribution < 1.29 is 4.74 Å². The zero-order valence-corrected chi connectivity index (χ0v) is 50.0. The molecular formula is C75H80N4O. The molecule has 0 saturated carbocycles. The van der Waals surface area contributed by atoms with Crippen LogP contribution in [-0.2, 0) is 32.5 Å². The first-order chi connectivity index (χ1) is 37.8. The molecule has 0 bridgehead atoms. The predicted molar refractivity (Wildman–Crippen MR) is 339 cm³/mol. The van der Waals surface area contributed by atoms with Crippen molar-refractivity contribution in [2.75, 3.05) is 16.5 Å². The molecule has 406 valence electrons. The van der Waals surface area contributed by atoms with Crippen LogP contribution < -0.4 is 14.5 Å². The fourth-order valence-electron chi connectivity index (χ4n) is 12.0. The molecule has 5 nitrogen and oxygen atoms in total. The minimum atomic E-state index is -0.375. The minimum absolute atomic E-state index is 0.0507. The maximum Gasteiger partial charge on any atom is 0.137 e. The summed E-state index contributed by atoms with van der Waals surface area (Å²) in [5.74, 6) is 2.45. The molecule has 8 aromatic carbocycles. The van der Waals surface area contributed by atoms with Crippen LogP contribution in [0.2, 0.25) is 0 Å². The number of benzene rings is 8. The van der Waals surface area contributed by atoms with E-state index in [-0.39, 0.29) is 32.5 Å². The molecule has 11 rings (SSSR count). The Morgan fingerprint density at radius 2 is 0.838 bits per heavy atom. The number of para-hydroxylation sites is 1. The van der Waals surface area contributed by atoms with Crippen molar-refractivity contribution in [2.24, 2.45) is 0 Å². The fourth-order valence-corrected chi connectivity index (χ4v) is 12.0. The average molecular weight is 1050 g/mol. The Balaban J connectivity index is 1.11. The predicted octanol–water partition coefficient (Wildman–Crippen LogP) is 20.1. The molecule has 1 aliphatic heterocycles. The van der Waals surface area contributed by atoms with Crippen LogP contribution in [0.15, 0.2) is 200 Å². The van der Waals surface area contributed by atoms with E-state index >= 15 is 0 Å². The van der Waals surface area contributed by atoms with E-state index in [0.717, 1.165) is 45.3 Å². The molecule has 0 radical (unpaired) electrons. The summed E-state index contributed by atoms with van der Waals surface area (Å²) < 4.78 is 9.78. The van der Waals surface area contributed by atoms with Crippen LogP contribution in [0.4, 0.5) is 22.7 Å². The summed E-state index contributed by atoms with van der Waals surface area (Å²) in [6.45, 7) is 35.4. The molecule has 10 aromatic rings. The third-order valence-corrected chi connectivity index (χ3v) is 17.4. The van der Waals surface area contributed by atoms with E-state index in [0.29, 0.717) is 6.67 Å². The molecule has 2 aromatic heterocycles. The second kappa shape index (κ2) is 19.7. The quantitative estimate of drug-likeness (QED) is 0.129. The van der Waals surface area contributed by atoms with Crippen LogP contribution in [0.5, 0.6) is 11.5 Å². The van der Waals surface area contributed by atoms with E-state index < -0.39 is 0 Å². The number of rotatable bonds is 11. The number of aromatic nitrogens is 2. The summed E-state index contributed by atoms with van der Waals surface area (Å²) in [6, 6.07) is 72.0. The van der Waals surface area contributed by atoms with Crippen LogP contribution in [0.1, 0.15) is 154 Å². The first-order valence-corrected chi connectivity index (χ1v) is 28.7. The van der Waals surface area contributed by atoms with Gasteiger partial charge in [-0.05, 0) is 127 Å². The number of hydrogen-bond acceptors (Lipinski definition) is 4. The number of pyridine rings is 1. The first kappa shape index (κ1) is 54.1. The lowest BCUT2D eigenvalue weighted by Crippen LogP contribution is -2.27. The molecule has 80 heavy (non-hydrogen) atoms. The molecule has 0 N–H and O–H groups in total. The van der Waals surface area contributed by atoms with E-state index in [1.807, 2.05) is 6.20 Å². The van der Waals surface area contributed by atoms with Gasteiger partial charge in [0.05, 0.1) is 22.4 Å². The highest BCUT2D eigenvalue weighted by Crippen LogP contribution is 2.51. The molecule has 1 aliphatic rings. The summed E-state index contributed by atoms with van der Waals surface area (Å²) in [7, 11) is 0. The number of ether oxygens (including phenoxy) is 1. The summed E-state index contributed by atoms with van der Waals surface area (Å²) >= 11 is 0. The summed E-state index contributed by atoms with van der Waals surface area (Å²) in [4.78, 5) is 10.1. The molecule has 0 unspecified atom stereocenters. The SMILES string of the molecule is CC(C)(C)c1ccnc(-n2c3ccccc3c3c(C(C)(C)C)cc(Oc4cc(N5CN(c6cc(C(C)(C)c7ccccc7)cc(C(C)(C)c7ccccc7)c6)c6cc(C(C)(C)C)ccc65)cc(C(C)(C)c5ccccc5)c4)cc32)c1. The van der Waals surface area contributed by atoms with Crippen LogP contribution in [0.25, 0.3) is 27.6 Å². The number of hydrogen-bond donors (Lipinski definition) is 0. The van der Waals surface area contributed by atoms with E-state index in [2.05, 4.69) is 312 Å². The summed E-state index contributed by atoms with van der Waals surface area (Å²) in [6.07, 6.45) is 1.96. The lowest BCUT2D eigenvalue weighted by Gasteiger charge is -2.33. The average Bonchev–Trinajstić information content (AvgIpc) is 4.22. The van der Waals surface area contributed by atoms with Crippen LogP contribution in [-0.4, -0.2) is 16.2 Å². The van der Waals surface area contributed by atoms with Crippen molar-refractivity contribution in [2.45, 2.75) is 136 Å². The fraction of sp³-hybridized carbons (Fsp3) is 0.293. The van der Waals surface area contributed by atoms with Gasteiger partial charge in [-0.25, -0.2) is 4.98 Å². The number of anilines is 4. The first-order valence-electron chi connectivity index (χ1n) is 28.7. The van der Waals surface area contributed by atoms with Crippen molar-refractivity contribution in [3.05, 3.63) is 250 Å². The van der Waals surface area contributed by atoms with Gasteiger partial charge >= 0.3 is 0 Å². The third kappa shape index (κ3) is 9.88. The second-order valence-electron chi connectivity index (χ2n) is 27.1. The Bertz CT molecular complexity index is 3850. The molecule has 3 heterocycles. The Morgan fingerprint density at radius 1 is 0.362 bits per heavy atom. The summed E-state index contributed by atoms with van der Waals surface area (Å²) in [5, 5.41) is 2.42. The monoisotopic (exact) mass is 1050 g/mol. The molecule has 0 spiro atoms. The summed E-state index contributed by atoms with van der Waals surface area (Å²) in [5.41, 5.74) is 16.7. The molecule has 0 aliphatic carbocycles. The number of nitrogens with zero attached hydrogens (tertiary/aromatic N) is 4. The smallest absolute Gasteiger partial charge is 0.137 e. The van der Waals surface area contributed by atoms with Gasteiger partial charge < -0.3 is 14.5 Å². The van der Waals surface area contributed by atoms with Crippen molar-refractivity contribution >= 4 is 44.6 Å². The van der Waals surface area contributed by atoms with Gasteiger partial charge in [-0.1, -0.05) is 225 Å². The topological polar surface area (TPSA) is 33.5 Å². The third-order valence-electron chi connectivity index (χ3n) is 17.4. The molecule has 0 fully saturated rings. The van der Waals surface area contributed by atoms with Gasteiger partial charge in [0.1, 0.15) is 24.0 Å². The molecular weight excluding hydrogens is 973 g/mol. The zero-order valence-electron chi connectivity index (χ0n) is 50.0. The van der Waals surface area contributed by atoms with E-state index in [1.54, 1.807) is 0 Å². The van der Waals surface area contributed by atoms with Gasteiger partial charge in [0.15, 0.2) is 0 Å². The maximum atomic E-state index is 7.44. The van der Waals surface area contributed by atoms with Gasteiger partial charge in [-0.2, -0.15) is 0 Å². The maximum absolute atomic E-state index is 7.44. The van der Waals surface area contributed by atoms with Gasteiger partial charge in [0.2, 0.25) is 0 Å². The van der Waals surface area contributed by atoms with Crippen molar-refractivity contribution in [3.63, 3.8) is 0 Å². The Hall–Kier alpha value is -7.89. The highest BCUT2D eigenvalue weighted by molar-refractivity contribution is 6.11. The van der Waals surface area contributed by atoms with Crippen molar-refractivity contribution in [3.8, 4) is 17.3 Å². The van der Waals surface area contributed by atoms with E-state index in [4.69, 9.17) is 9.72 Å². The Kier molecular flexibility index (Phi) is 13.3. The van der Waals surface area contributed by atoms with Gasteiger partial charge in [-0.3, -0.25) is 4.57 Å². The van der Waals surface area contributed by atoms with E-state index in [1.165, 1.54) is 66.7 Å². The largest absolute Gasteiger partial charge is 0.457 e. The minimum Gasteiger partial charge on any atom is -0.457 e. The van der Waals surface area contributed by atoms with Crippen LogP contribution in [0.3, 0.4) is 0 Å². The second-order valence-corrected chi connectivity index (χ2v) is 27.1. The molecule has 0 atom stereocenters. The lowest BCUT2D eigenvalue weighted by molar-refractivity contribution is 0.477. The van der Waals surface area contributed by atoms with Gasteiger partial charge in [0.25, 0.3) is 0 Å². The van der Waals surface area contributed by atoms with Gasteiger partial charge in [0, 0.05) is 56.7 Å². The Labute approximate surface area is 476 Å². The standard InChI is InChI=1S/C75H80N4O/c1-70(2,3)53-35-36-65-66(44-53)78(58-40-55(73(10,11)50-27-19-16-20-28-50)39-56(41-58)74(12,13)51-29-21-17-22-30-51)49-77(65)59-42-57(75(14,15)52-31-23-18-24-32-52)43-60(46-59)80-61-47-63(72(7,8)9)69-62-33-25-26-34-64(62)79(67(69)48-61)68-45-54(37-38-76-68)71(4,5)6/h16-48H,49H2,1-15H3. The van der Waals surface area contributed by atoms with Crippen molar-refractivity contribution in [1.82, 2.24) is 9.55 Å². The highest BCUT2D eigenvalue weighted by atomic mass is 16.5. The zero-order chi connectivity index (χ0) is 56.7. The lowest BCUT2D eigenvalue weighted by atomic mass is 9.73. The van der Waals surface area contributed by atoms with Gasteiger partial charge in [-0.15, -0.1) is 0 Å². The Morgan fingerprint density at radius 3 is 1.38 bits per heavy atom. The highest BCUT2D eigenvalue weighted by Gasteiger charge is 2.36. The van der Waals surface area contributed by atoms with Crippen molar-refractivity contribution in [1.29, 1.82) is 0 Å². The van der Waals surface area contributed by atoms with Crippen LogP contribution in [0, 0.1) is 0 Å². The van der Waals surface area contributed by atoms with E-state index in [9.17, 15) is 0 Å². The number of fused-ring (bicyclic) bond motifs is 4. The normalized spacial score (nSPS) is 13.6. The molecule has 0 saturated heterocycles. The molecule has 5 heteroatoms.